The van der Waals surface area contributed by atoms with E-state index in [9.17, 15) is 17.6 Å². The summed E-state index contributed by atoms with van der Waals surface area (Å²) in [6.45, 7) is 0.223. The Kier molecular flexibility index (Phi) is 6.82. The summed E-state index contributed by atoms with van der Waals surface area (Å²) in [6.07, 6.45) is 1.84. The van der Waals surface area contributed by atoms with Crippen molar-refractivity contribution in [2.75, 3.05) is 26.0 Å². The smallest absolute Gasteiger partial charge is 0.338 e. The van der Waals surface area contributed by atoms with E-state index in [4.69, 9.17) is 27.1 Å². The number of esters is 1. The van der Waals surface area contributed by atoms with Crippen LogP contribution in [-0.4, -0.2) is 62.1 Å². The van der Waals surface area contributed by atoms with Gasteiger partial charge in [-0.3, -0.25) is 4.99 Å². The van der Waals surface area contributed by atoms with Crippen molar-refractivity contribution >= 4 is 44.8 Å². The van der Waals surface area contributed by atoms with Crippen LogP contribution in [0.1, 0.15) is 23.0 Å². The van der Waals surface area contributed by atoms with E-state index in [1.54, 1.807) is 16.5 Å². The number of halogens is 2. The van der Waals surface area contributed by atoms with Gasteiger partial charge >= 0.3 is 5.97 Å². The first-order chi connectivity index (χ1) is 15.7. The van der Waals surface area contributed by atoms with E-state index in [-0.39, 0.29) is 35.9 Å². The maximum absolute atomic E-state index is 13.7. The van der Waals surface area contributed by atoms with Gasteiger partial charge < -0.3 is 15.4 Å². The molecule has 0 aliphatic carbocycles. The number of fused-ring (bicyclic) bond motifs is 1. The predicted octanol–water partition coefficient (Wildman–Crippen LogP) is 1.82. The van der Waals surface area contributed by atoms with Crippen LogP contribution in [0.2, 0.25) is 5.02 Å². The van der Waals surface area contributed by atoms with Gasteiger partial charge in [0.05, 0.1) is 18.4 Å². The van der Waals surface area contributed by atoms with Gasteiger partial charge in [0.2, 0.25) is 10.0 Å². The minimum Gasteiger partial charge on any atom is -0.466 e. The molecular formula is C20H21ClFN5O4S2. The molecule has 0 spiro atoms. The Morgan fingerprint density at radius 3 is 2.88 bits per heavy atom. The molecule has 1 aromatic carbocycles. The number of aliphatic imine (C=N–C) groups is 1. The molecule has 2 aromatic rings. The molecule has 0 unspecified atom stereocenters. The summed E-state index contributed by atoms with van der Waals surface area (Å²) in [6, 6.07) is 2.46. The third-order valence-corrected chi connectivity index (χ3v) is 7.84. The molecule has 13 heteroatoms. The molecule has 3 N–H and O–H groups in total. The fraction of sp³-hybridized carbons (Fsp3) is 0.350. The van der Waals surface area contributed by atoms with E-state index in [0.717, 1.165) is 6.07 Å². The Hall–Kier alpha value is -2.38. The molecule has 176 valence electrons. The van der Waals surface area contributed by atoms with Crippen LogP contribution in [0.3, 0.4) is 0 Å². The third-order valence-electron chi connectivity index (χ3n) is 5.28. The average Bonchev–Trinajstić information content (AvgIpc) is 3.41. The maximum Gasteiger partial charge on any atom is 0.338 e. The normalized spacial score (nSPS) is 20.6. The second kappa shape index (κ2) is 9.47. The van der Waals surface area contributed by atoms with Crippen LogP contribution in [-0.2, 0) is 19.6 Å². The Bertz CT molecular complexity index is 1230. The fourth-order valence-electron chi connectivity index (χ4n) is 3.96. The molecule has 3 heterocycles. The van der Waals surface area contributed by atoms with E-state index < -0.39 is 33.9 Å². The second-order valence-electron chi connectivity index (χ2n) is 7.45. The SMILES string of the molecule is COC(=O)C1=C2C[C@H](NS(=O)(=O)CCN)CN2C(c2nccs2)=N[C@H]1c1ccc(F)cc1Cl. The minimum absolute atomic E-state index is 0.0150. The number of nitrogens with one attached hydrogen (secondary N) is 1. The van der Waals surface area contributed by atoms with Crippen molar-refractivity contribution in [3.8, 4) is 0 Å². The fourth-order valence-corrected chi connectivity index (χ4v) is 5.97. The van der Waals surface area contributed by atoms with Crippen LogP contribution in [0.5, 0.6) is 0 Å². The summed E-state index contributed by atoms with van der Waals surface area (Å²) in [5.74, 6) is -0.896. The third kappa shape index (κ3) is 4.80. The summed E-state index contributed by atoms with van der Waals surface area (Å²) in [7, 11) is -2.36. The predicted molar refractivity (Wildman–Crippen MR) is 123 cm³/mol. The highest BCUT2D eigenvalue weighted by Crippen LogP contribution is 2.42. The maximum atomic E-state index is 13.7. The molecule has 0 radical (unpaired) electrons. The van der Waals surface area contributed by atoms with Crippen molar-refractivity contribution in [2.24, 2.45) is 10.7 Å². The van der Waals surface area contributed by atoms with Gasteiger partial charge in [-0.25, -0.2) is 27.3 Å². The highest BCUT2D eigenvalue weighted by molar-refractivity contribution is 7.89. The number of nitrogens with zero attached hydrogens (tertiary/aromatic N) is 3. The second-order valence-corrected chi connectivity index (χ2v) is 10.6. The van der Waals surface area contributed by atoms with Gasteiger partial charge in [-0.15, -0.1) is 11.3 Å². The summed E-state index contributed by atoms with van der Waals surface area (Å²) in [4.78, 5) is 23.8. The lowest BCUT2D eigenvalue weighted by molar-refractivity contribution is -0.136. The summed E-state index contributed by atoms with van der Waals surface area (Å²) in [5.41, 5.74) is 6.60. The molecule has 0 amide bonds. The zero-order valence-corrected chi connectivity index (χ0v) is 19.9. The van der Waals surface area contributed by atoms with Crippen LogP contribution in [0, 0.1) is 5.82 Å². The highest BCUT2D eigenvalue weighted by Gasteiger charge is 2.43. The number of methoxy groups -OCH3 is 1. The number of hydrogen-bond acceptors (Lipinski definition) is 9. The van der Waals surface area contributed by atoms with Crippen molar-refractivity contribution in [3.05, 3.63) is 62.5 Å². The van der Waals surface area contributed by atoms with Crippen molar-refractivity contribution in [1.82, 2.24) is 14.6 Å². The zero-order valence-electron chi connectivity index (χ0n) is 17.5. The molecule has 4 rings (SSSR count). The number of hydrogen-bond donors (Lipinski definition) is 2. The molecule has 33 heavy (non-hydrogen) atoms. The van der Waals surface area contributed by atoms with Crippen LogP contribution < -0.4 is 10.5 Å². The standard InChI is InChI=1S/C20H21ClFN5O4S2/c1-31-20(28)16-15-9-12(26-33(29,30)7-4-23)10-27(15)18(19-24-5-6-32-19)25-17(16)13-3-2-11(22)8-14(13)21/h2-3,5-6,8,12,17,26H,4,7,9-10,23H2,1H3/t12-,17-/m0/s1. The van der Waals surface area contributed by atoms with E-state index in [1.807, 2.05) is 0 Å². The Morgan fingerprint density at radius 1 is 1.45 bits per heavy atom. The number of aromatic nitrogens is 1. The van der Waals surface area contributed by atoms with Gasteiger partial charge in [0.1, 0.15) is 11.9 Å². The number of amidine groups is 1. The monoisotopic (exact) mass is 513 g/mol. The molecule has 0 saturated carbocycles. The van der Waals surface area contributed by atoms with E-state index in [1.165, 1.54) is 30.6 Å². The first-order valence-corrected chi connectivity index (χ1v) is 12.9. The molecule has 2 aliphatic rings. The van der Waals surface area contributed by atoms with Crippen LogP contribution >= 0.6 is 22.9 Å². The number of carbonyl (C=O) groups excluding carboxylic acids is 1. The highest BCUT2D eigenvalue weighted by atomic mass is 35.5. The van der Waals surface area contributed by atoms with E-state index >= 15 is 0 Å². The molecule has 1 saturated heterocycles. The lowest BCUT2D eigenvalue weighted by Crippen LogP contribution is -2.41. The van der Waals surface area contributed by atoms with E-state index in [2.05, 4.69) is 9.71 Å². The Balaban J connectivity index is 1.84. The Labute approximate surface area is 199 Å². The van der Waals surface area contributed by atoms with Crippen LogP contribution in [0.15, 0.2) is 46.0 Å². The molecule has 2 atom stereocenters. The number of rotatable bonds is 7. The van der Waals surface area contributed by atoms with Crippen molar-refractivity contribution in [1.29, 1.82) is 0 Å². The quantitative estimate of drug-likeness (QED) is 0.540. The topological polar surface area (TPSA) is 127 Å². The van der Waals surface area contributed by atoms with Gasteiger partial charge in [0, 0.05) is 53.4 Å². The minimum atomic E-state index is -3.61. The average molecular weight is 514 g/mol. The molecule has 0 bridgehead atoms. The number of nitrogens with two attached hydrogens (primary N) is 1. The number of benzene rings is 1. The van der Waals surface area contributed by atoms with Gasteiger partial charge in [-0.2, -0.15) is 0 Å². The van der Waals surface area contributed by atoms with Gasteiger partial charge in [0.15, 0.2) is 10.8 Å². The molecule has 2 aliphatic heterocycles. The lowest BCUT2D eigenvalue weighted by Gasteiger charge is -2.31. The summed E-state index contributed by atoms with van der Waals surface area (Å²) >= 11 is 7.68. The molecule has 9 nitrogen and oxygen atoms in total. The number of sulfonamides is 1. The van der Waals surface area contributed by atoms with Crippen molar-refractivity contribution in [3.63, 3.8) is 0 Å². The number of ether oxygens (including phenoxy) is 1. The zero-order chi connectivity index (χ0) is 23.8. The van der Waals surface area contributed by atoms with Crippen LogP contribution in [0.4, 0.5) is 4.39 Å². The number of carbonyl (C=O) groups is 1. The summed E-state index contributed by atoms with van der Waals surface area (Å²) < 4.78 is 46.0. The lowest BCUT2D eigenvalue weighted by atomic mass is 9.94. The van der Waals surface area contributed by atoms with Gasteiger partial charge in [0.25, 0.3) is 0 Å². The van der Waals surface area contributed by atoms with E-state index in [0.29, 0.717) is 22.1 Å². The summed E-state index contributed by atoms with van der Waals surface area (Å²) in [5, 5.41) is 2.48. The van der Waals surface area contributed by atoms with Gasteiger partial charge in [-0.05, 0) is 12.1 Å². The molecule has 1 aromatic heterocycles. The Morgan fingerprint density at radius 2 is 2.24 bits per heavy atom. The largest absolute Gasteiger partial charge is 0.466 e. The number of thiazole rings is 1. The first kappa shape index (κ1) is 23.8. The van der Waals surface area contributed by atoms with Crippen LogP contribution in [0.25, 0.3) is 0 Å². The molecular weight excluding hydrogens is 493 g/mol. The first-order valence-electron chi connectivity index (χ1n) is 9.95. The molecule has 1 fully saturated rings. The van der Waals surface area contributed by atoms with Crippen molar-refractivity contribution in [2.45, 2.75) is 18.5 Å². The van der Waals surface area contributed by atoms with Crippen molar-refractivity contribution < 1.29 is 22.3 Å². The van der Waals surface area contributed by atoms with Gasteiger partial charge in [-0.1, -0.05) is 17.7 Å².